The van der Waals surface area contributed by atoms with Gasteiger partial charge in [-0.25, -0.2) is 0 Å². The molecule has 128 valence electrons. The zero-order chi connectivity index (χ0) is 16.8. The summed E-state index contributed by atoms with van der Waals surface area (Å²) in [5.74, 6) is 0.737. The van der Waals surface area contributed by atoms with Gasteiger partial charge in [-0.05, 0) is 63.0 Å². The molecule has 0 fully saturated rings. The molecule has 0 aliphatic rings. The summed E-state index contributed by atoms with van der Waals surface area (Å²) in [6, 6.07) is 8.37. The van der Waals surface area contributed by atoms with Crippen LogP contribution in [0.5, 0.6) is 0 Å². The molecule has 0 unspecified atom stereocenters. The average molecular weight is 326 g/mol. The number of rotatable bonds is 9. The van der Waals surface area contributed by atoms with Gasteiger partial charge in [-0.1, -0.05) is 32.4 Å². The number of hydrogen-bond donors (Lipinski definition) is 3. The van der Waals surface area contributed by atoms with Crippen LogP contribution in [0.1, 0.15) is 38.7 Å². The summed E-state index contributed by atoms with van der Waals surface area (Å²) in [4.78, 5) is 3.30. The van der Waals surface area contributed by atoms with Gasteiger partial charge >= 0.3 is 0 Å². The molecule has 4 N–H and O–H groups in total. The lowest BCUT2D eigenvalue weighted by Crippen LogP contribution is -2.26. The molecule has 1 aromatic rings. The van der Waals surface area contributed by atoms with E-state index in [-0.39, 0.29) is 0 Å². The Bertz CT molecular complexity index is 352. The predicted molar refractivity (Wildman–Crippen MR) is 102 cm³/mol. The maximum absolute atomic E-state index is 5.40. The molecule has 0 radical (unpaired) electrons. The molecular formula is C18H35N3S. The fraction of sp³-hybridized carbons (Fsp3) is 0.667. The smallest absolute Gasteiger partial charge is 0.0102 e. The topological polar surface area (TPSA) is 55.3 Å². The highest BCUT2D eigenvalue weighted by Gasteiger charge is 1.96. The van der Waals surface area contributed by atoms with Crippen LogP contribution in [0.25, 0.3) is 0 Å². The third kappa shape index (κ3) is 13.1. The Kier molecular flexibility index (Phi) is 13.7. The molecule has 0 spiro atoms. The van der Waals surface area contributed by atoms with E-state index < -0.39 is 0 Å². The van der Waals surface area contributed by atoms with Crippen LogP contribution in [0.3, 0.4) is 0 Å². The van der Waals surface area contributed by atoms with Gasteiger partial charge in [0.25, 0.3) is 0 Å². The molecule has 0 amide bonds. The molecule has 0 saturated carbocycles. The summed E-state index contributed by atoms with van der Waals surface area (Å²) in [5, 5.41) is 0. The molecule has 0 saturated heterocycles. The standard InChI is InChI=1S/C10H14S.C8H21N3/c1-8(2)7-9-3-5-10(11)6-4-9;1-11(8-6-10)7-4-2-3-5-9/h3-6,8,11H,7H2,1-2H3;2-10H2,1H3. The Morgan fingerprint density at radius 3 is 2.09 bits per heavy atom. The van der Waals surface area contributed by atoms with Crippen LogP contribution in [0.15, 0.2) is 29.2 Å². The molecule has 0 heterocycles. The maximum atomic E-state index is 5.40. The van der Waals surface area contributed by atoms with Crippen LogP contribution in [0.2, 0.25) is 0 Å². The third-order valence-corrected chi connectivity index (χ3v) is 3.63. The number of likely N-dealkylation sites (N-methyl/N-ethyl adjacent to an activating group) is 1. The zero-order valence-electron chi connectivity index (χ0n) is 14.6. The van der Waals surface area contributed by atoms with Crippen molar-refractivity contribution in [2.75, 3.05) is 33.2 Å². The van der Waals surface area contributed by atoms with E-state index in [0.717, 1.165) is 49.8 Å². The lowest BCUT2D eigenvalue weighted by molar-refractivity contribution is 0.333. The molecule has 3 nitrogen and oxygen atoms in total. The first-order chi connectivity index (χ1) is 10.5. The molecule has 1 rings (SSSR count). The van der Waals surface area contributed by atoms with Crippen LogP contribution in [-0.4, -0.2) is 38.1 Å². The highest BCUT2D eigenvalue weighted by atomic mass is 32.1. The van der Waals surface area contributed by atoms with Gasteiger partial charge in [0, 0.05) is 18.0 Å². The molecule has 0 aromatic heterocycles. The van der Waals surface area contributed by atoms with Crippen LogP contribution in [-0.2, 0) is 6.42 Å². The molecule has 0 aliphatic carbocycles. The normalized spacial score (nSPS) is 10.7. The van der Waals surface area contributed by atoms with Crippen molar-refractivity contribution in [2.45, 2.75) is 44.4 Å². The minimum absolute atomic E-state index is 0.737. The van der Waals surface area contributed by atoms with Gasteiger partial charge in [-0.3, -0.25) is 0 Å². The fourth-order valence-electron chi connectivity index (χ4n) is 2.14. The van der Waals surface area contributed by atoms with Gasteiger partial charge in [-0.15, -0.1) is 12.6 Å². The van der Waals surface area contributed by atoms with Crippen LogP contribution >= 0.6 is 12.6 Å². The van der Waals surface area contributed by atoms with E-state index in [1.807, 2.05) is 12.1 Å². The van der Waals surface area contributed by atoms with Crippen molar-refractivity contribution >= 4 is 12.6 Å². The van der Waals surface area contributed by atoms with Crippen molar-refractivity contribution < 1.29 is 0 Å². The fourth-order valence-corrected chi connectivity index (χ4v) is 2.29. The summed E-state index contributed by atoms with van der Waals surface area (Å²) >= 11 is 4.22. The van der Waals surface area contributed by atoms with Crippen molar-refractivity contribution in [3.63, 3.8) is 0 Å². The van der Waals surface area contributed by atoms with E-state index >= 15 is 0 Å². The van der Waals surface area contributed by atoms with Crippen molar-refractivity contribution in [2.24, 2.45) is 17.4 Å². The van der Waals surface area contributed by atoms with E-state index in [4.69, 9.17) is 11.5 Å². The van der Waals surface area contributed by atoms with Crippen LogP contribution in [0.4, 0.5) is 0 Å². The van der Waals surface area contributed by atoms with Crippen molar-refractivity contribution in [1.29, 1.82) is 0 Å². The quantitative estimate of drug-likeness (QED) is 0.483. The largest absolute Gasteiger partial charge is 0.330 e. The molecule has 0 bridgehead atoms. The number of nitrogens with two attached hydrogens (primary N) is 2. The number of unbranched alkanes of at least 4 members (excludes halogenated alkanes) is 2. The highest BCUT2D eigenvalue weighted by molar-refractivity contribution is 7.80. The third-order valence-electron chi connectivity index (χ3n) is 3.34. The summed E-state index contributed by atoms with van der Waals surface area (Å²) in [6.45, 7) is 8.19. The lowest BCUT2D eigenvalue weighted by atomic mass is 10.0. The number of benzene rings is 1. The summed E-state index contributed by atoms with van der Waals surface area (Å²) in [6.07, 6.45) is 4.80. The van der Waals surface area contributed by atoms with Gasteiger partial charge in [0.05, 0.1) is 0 Å². The monoisotopic (exact) mass is 325 g/mol. The highest BCUT2D eigenvalue weighted by Crippen LogP contribution is 2.11. The molecule has 22 heavy (non-hydrogen) atoms. The van der Waals surface area contributed by atoms with Gasteiger partial charge in [0.1, 0.15) is 0 Å². The molecular weight excluding hydrogens is 290 g/mol. The molecule has 0 aliphatic heterocycles. The molecule has 4 heteroatoms. The SMILES string of the molecule is CC(C)Cc1ccc(S)cc1.CN(CCN)CCCCCN. The van der Waals surface area contributed by atoms with E-state index in [1.54, 1.807) is 0 Å². The Balaban J connectivity index is 0.000000401. The van der Waals surface area contributed by atoms with Gasteiger partial charge in [0.2, 0.25) is 0 Å². The van der Waals surface area contributed by atoms with E-state index in [0.29, 0.717) is 0 Å². The maximum Gasteiger partial charge on any atom is 0.0102 e. The number of nitrogens with zero attached hydrogens (tertiary/aromatic N) is 1. The number of thiol groups is 1. The minimum atomic E-state index is 0.737. The van der Waals surface area contributed by atoms with Crippen molar-refractivity contribution in [3.8, 4) is 0 Å². The van der Waals surface area contributed by atoms with Crippen LogP contribution in [0, 0.1) is 5.92 Å². The van der Waals surface area contributed by atoms with Gasteiger partial charge in [-0.2, -0.15) is 0 Å². The Hall–Kier alpha value is -0.550. The molecule has 0 atom stereocenters. The lowest BCUT2D eigenvalue weighted by Gasteiger charge is -2.14. The zero-order valence-corrected chi connectivity index (χ0v) is 15.5. The van der Waals surface area contributed by atoms with Gasteiger partial charge < -0.3 is 16.4 Å². The average Bonchev–Trinajstić information content (AvgIpc) is 2.47. The molecule has 1 aromatic carbocycles. The second-order valence-electron chi connectivity index (χ2n) is 6.21. The van der Waals surface area contributed by atoms with E-state index in [1.165, 1.54) is 18.4 Å². The van der Waals surface area contributed by atoms with Crippen molar-refractivity contribution in [3.05, 3.63) is 29.8 Å². The predicted octanol–water partition coefficient (Wildman–Crippen LogP) is 3.18. The Labute approximate surface area is 142 Å². The van der Waals surface area contributed by atoms with Crippen molar-refractivity contribution in [1.82, 2.24) is 4.90 Å². The summed E-state index contributed by atoms with van der Waals surface area (Å²) < 4.78 is 0. The Morgan fingerprint density at radius 2 is 1.59 bits per heavy atom. The first kappa shape index (κ1) is 21.4. The minimum Gasteiger partial charge on any atom is -0.330 e. The van der Waals surface area contributed by atoms with Crippen LogP contribution < -0.4 is 11.5 Å². The van der Waals surface area contributed by atoms with E-state index in [2.05, 4.69) is 50.6 Å². The second kappa shape index (κ2) is 14.1. The Morgan fingerprint density at radius 1 is 0.955 bits per heavy atom. The summed E-state index contributed by atoms with van der Waals surface area (Å²) in [7, 11) is 2.11. The first-order valence-electron chi connectivity index (χ1n) is 8.36. The van der Waals surface area contributed by atoms with Gasteiger partial charge in [0.15, 0.2) is 0 Å². The summed E-state index contributed by atoms with van der Waals surface area (Å²) in [5.41, 5.74) is 12.2. The van der Waals surface area contributed by atoms with E-state index in [9.17, 15) is 0 Å². The number of hydrogen-bond acceptors (Lipinski definition) is 4. The first-order valence-corrected chi connectivity index (χ1v) is 8.80. The second-order valence-corrected chi connectivity index (χ2v) is 6.72.